The first-order chi connectivity index (χ1) is 21.5. The molecule has 0 aliphatic carbocycles. The second-order valence-corrected chi connectivity index (χ2v) is 13.6. The Balaban J connectivity index is 1.84. The molecule has 4 aromatic rings. The number of rotatable bonds is 13. The lowest BCUT2D eigenvalue weighted by molar-refractivity contribution is -0.140. The maximum atomic E-state index is 14.6. The van der Waals surface area contributed by atoms with Crippen molar-refractivity contribution >= 4 is 50.7 Å². The number of amides is 2. The highest BCUT2D eigenvalue weighted by Crippen LogP contribution is 2.33. The van der Waals surface area contributed by atoms with Crippen LogP contribution in [-0.4, -0.2) is 43.8 Å². The van der Waals surface area contributed by atoms with Crippen LogP contribution in [0.2, 0.25) is 10.0 Å². The molecule has 236 valence electrons. The number of sulfonamides is 1. The molecular weight excluding hydrogens is 629 g/mol. The number of benzene rings is 4. The largest absolute Gasteiger partial charge is 0.352 e. The van der Waals surface area contributed by atoms with E-state index in [4.69, 9.17) is 23.2 Å². The average molecular weight is 667 g/mol. The van der Waals surface area contributed by atoms with Gasteiger partial charge in [0.15, 0.2) is 0 Å². The molecule has 0 radical (unpaired) electrons. The number of hydrogen-bond donors (Lipinski definition) is 1. The van der Waals surface area contributed by atoms with Crippen molar-refractivity contribution in [3.05, 3.63) is 130 Å². The summed E-state index contributed by atoms with van der Waals surface area (Å²) in [5.74, 6) is -0.901. The minimum atomic E-state index is -4.29. The fourth-order valence-corrected chi connectivity index (χ4v) is 6.76. The lowest BCUT2D eigenvalue weighted by Gasteiger charge is -2.34. The Morgan fingerprint density at radius 2 is 1.49 bits per heavy atom. The van der Waals surface area contributed by atoms with Gasteiger partial charge in [-0.25, -0.2) is 8.42 Å². The van der Waals surface area contributed by atoms with Crippen LogP contribution < -0.4 is 9.62 Å². The van der Waals surface area contributed by atoms with E-state index in [0.29, 0.717) is 6.42 Å². The minimum Gasteiger partial charge on any atom is -0.352 e. The summed E-state index contributed by atoms with van der Waals surface area (Å²) in [4.78, 5) is 30.0. The molecule has 0 aliphatic rings. The zero-order valence-electron chi connectivity index (χ0n) is 25.5. The summed E-state index contributed by atoms with van der Waals surface area (Å²) in [6.45, 7) is 5.26. The Morgan fingerprint density at radius 1 is 0.867 bits per heavy atom. The topological polar surface area (TPSA) is 86.8 Å². The van der Waals surface area contributed by atoms with Gasteiger partial charge in [-0.1, -0.05) is 103 Å². The molecule has 0 heterocycles. The van der Waals surface area contributed by atoms with Crippen molar-refractivity contribution < 1.29 is 18.0 Å². The zero-order valence-corrected chi connectivity index (χ0v) is 27.8. The van der Waals surface area contributed by atoms with E-state index in [0.717, 1.165) is 21.0 Å². The van der Waals surface area contributed by atoms with Gasteiger partial charge in [0, 0.05) is 24.0 Å². The van der Waals surface area contributed by atoms with E-state index in [1.165, 1.54) is 29.2 Å². The number of aryl methyl sites for hydroxylation is 1. The SMILES string of the molecule is CCC(C)NC(=O)C(Cc1ccccc1)N(Cc1ccccc1C)C(=O)CN(c1cc(Cl)ccc1Cl)S(=O)(=O)c1ccccc1. The lowest BCUT2D eigenvalue weighted by Crippen LogP contribution is -2.54. The van der Waals surface area contributed by atoms with Gasteiger partial charge in [-0.05, 0) is 67.3 Å². The monoisotopic (exact) mass is 665 g/mol. The van der Waals surface area contributed by atoms with Crippen LogP contribution in [0.5, 0.6) is 0 Å². The minimum absolute atomic E-state index is 0.0188. The standard InChI is InChI=1S/C35H37Cl2N3O4S/c1-4-26(3)38-35(42)33(21-27-14-7-5-8-15-27)39(23-28-16-12-11-13-25(28)2)34(41)24-40(32-22-29(36)19-20-31(32)37)45(43,44)30-17-9-6-10-18-30/h5-20,22,26,33H,4,21,23-24H2,1-3H3,(H,38,42). The third-order valence-corrected chi connectivity index (χ3v) is 9.99. The van der Waals surface area contributed by atoms with Gasteiger partial charge in [0.2, 0.25) is 11.8 Å². The molecule has 10 heteroatoms. The van der Waals surface area contributed by atoms with Gasteiger partial charge in [-0.2, -0.15) is 0 Å². The molecule has 0 fully saturated rings. The van der Waals surface area contributed by atoms with Gasteiger partial charge in [-0.3, -0.25) is 13.9 Å². The summed E-state index contributed by atoms with van der Waals surface area (Å²) in [5, 5.41) is 3.40. The van der Waals surface area contributed by atoms with E-state index >= 15 is 0 Å². The Morgan fingerprint density at radius 3 is 2.13 bits per heavy atom. The summed E-state index contributed by atoms with van der Waals surface area (Å²) in [6, 6.07) is 28.2. The third-order valence-electron chi connectivity index (χ3n) is 7.66. The van der Waals surface area contributed by atoms with Gasteiger partial charge in [0.05, 0.1) is 15.6 Å². The highest BCUT2D eigenvalue weighted by molar-refractivity contribution is 7.92. The molecule has 0 saturated carbocycles. The molecular formula is C35H37Cl2N3O4S. The predicted molar refractivity (Wildman–Crippen MR) is 181 cm³/mol. The van der Waals surface area contributed by atoms with Crippen LogP contribution >= 0.6 is 23.2 Å². The van der Waals surface area contributed by atoms with Crippen molar-refractivity contribution in [1.82, 2.24) is 10.2 Å². The average Bonchev–Trinajstić information content (AvgIpc) is 3.04. The molecule has 0 saturated heterocycles. The summed E-state index contributed by atoms with van der Waals surface area (Å²) < 4.78 is 29.2. The lowest BCUT2D eigenvalue weighted by atomic mass is 10.0. The van der Waals surface area contributed by atoms with E-state index in [1.807, 2.05) is 75.4 Å². The van der Waals surface area contributed by atoms with Crippen LogP contribution in [0.4, 0.5) is 5.69 Å². The van der Waals surface area contributed by atoms with Crippen molar-refractivity contribution in [2.75, 3.05) is 10.8 Å². The Labute approximate surface area is 275 Å². The van der Waals surface area contributed by atoms with Crippen molar-refractivity contribution in [2.45, 2.75) is 57.1 Å². The summed E-state index contributed by atoms with van der Waals surface area (Å²) in [5.41, 5.74) is 2.68. The molecule has 45 heavy (non-hydrogen) atoms. The van der Waals surface area contributed by atoms with Crippen molar-refractivity contribution in [3.8, 4) is 0 Å². The van der Waals surface area contributed by atoms with Gasteiger partial charge < -0.3 is 10.2 Å². The molecule has 0 aliphatic heterocycles. The molecule has 1 N–H and O–H groups in total. The zero-order chi connectivity index (χ0) is 32.6. The second-order valence-electron chi connectivity index (χ2n) is 10.9. The van der Waals surface area contributed by atoms with Crippen LogP contribution in [0.25, 0.3) is 0 Å². The highest BCUT2D eigenvalue weighted by atomic mass is 35.5. The van der Waals surface area contributed by atoms with Crippen LogP contribution in [-0.2, 0) is 32.6 Å². The quantitative estimate of drug-likeness (QED) is 0.166. The molecule has 2 amide bonds. The molecule has 4 aromatic carbocycles. The van der Waals surface area contributed by atoms with Crippen LogP contribution in [0.1, 0.15) is 37.0 Å². The normalized spacial score (nSPS) is 12.6. The van der Waals surface area contributed by atoms with E-state index in [-0.39, 0.29) is 45.5 Å². The highest BCUT2D eigenvalue weighted by Gasteiger charge is 2.35. The van der Waals surface area contributed by atoms with E-state index in [9.17, 15) is 18.0 Å². The molecule has 0 spiro atoms. The van der Waals surface area contributed by atoms with E-state index in [2.05, 4.69) is 5.32 Å². The van der Waals surface area contributed by atoms with Crippen LogP contribution in [0.3, 0.4) is 0 Å². The molecule has 0 aromatic heterocycles. The maximum Gasteiger partial charge on any atom is 0.264 e. The van der Waals surface area contributed by atoms with Crippen molar-refractivity contribution in [2.24, 2.45) is 0 Å². The maximum absolute atomic E-state index is 14.6. The number of anilines is 1. The molecule has 2 unspecified atom stereocenters. The van der Waals surface area contributed by atoms with Crippen LogP contribution in [0, 0.1) is 6.92 Å². The summed E-state index contributed by atoms with van der Waals surface area (Å²) >= 11 is 12.8. The molecule has 2 atom stereocenters. The molecule has 0 bridgehead atoms. The summed E-state index contributed by atoms with van der Waals surface area (Å²) in [7, 11) is -4.29. The number of carbonyl (C=O) groups is 2. The van der Waals surface area contributed by atoms with Crippen LogP contribution in [0.15, 0.2) is 108 Å². The summed E-state index contributed by atoms with van der Waals surface area (Å²) in [6.07, 6.45) is 0.927. The van der Waals surface area contributed by atoms with Gasteiger partial charge in [-0.15, -0.1) is 0 Å². The predicted octanol–water partition coefficient (Wildman–Crippen LogP) is 7.05. The van der Waals surface area contributed by atoms with E-state index in [1.54, 1.807) is 24.3 Å². The number of hydrogen-bond acceptors (Lipinski definition) is 4. The number of nitrogens with one attached hydrogen (secondary N) is 1. The fraction of sp³-hybridized carbons (Fsp3) is 0.257. The second kappa shape index (κ2) is 15.4. The molecule has 7 nitrogen and oxygen atoms in total. The van der Waals surface area contributed by atoms with Gasteiger partial charge >= 0.3 is 0 Å². The molecule has 4 rings (SSSR count). The first kappa shape index (κ1) is 34.0. The number of nitrogens with zero attached hydrogens (tertiary/aromatic N) is 2. The van der Waals surface area contributed by atoms with Crippen molar-refractivity contribution in [3.63, 3.8) is 0 Å². The first-order valence-electron chi connectivity index (χ1n) is 14.7. The van der Waals surface area contributed by atoms with E-state index < -0.39 is 28.5 Å². The Hall–Kier alpha value is -3.85. The van der Waals surface area contributed by atoms with Gasteiger partial charge in [0.1, 0.15) is 12.6 Å². The number of halogens is 2. The number of carbonyl (C=O) groups excluding carboxylic acids is 2. The Kier molecular flexibility index (Phi) is 11.7. The Bertz CT molecular complexity index is 1720. The third kappa shape index (κ3) is 8.66. The first-order valence-corrected chi connectivity index (χ1v) is 16.9. The smallest absolute Gasteiger partial charge is 0.264 e. The van der Waals surface area contributed by atoms with Gasteiger partial charge in [0.25, 0.3) is 10.0 Å². The van der Waals surface area contributed by atoms with Crippen molar-refractivity contribution in [1.29, 1.82) is 0 Å². The fourth-order valence-electron chi connectivity index (χ4n) is 4.88.